The van der Waals surface area contributed by atoms with Crippen LogP contribution in [0.2, 0.25) is 5.02 Å². The molecule has 1 saturated heterocycles. The number of nitrogens with one attached hydrogen (secondary N) is 1. The Kier molecular flexibility index (Phi) is 7.43. The zero-order chi connectivity index (χ0) is 21.5. The highest BCUT2D eigenvalue weighted by Gasteiger charge is 2.23. The van der Waals surface area contributed by atoms with Gasteiger partial charge in [-0.2, -0.15) is 0 Å². The zero-order valence-electron chi connectivity index (χ0n) is 16.9. The lowest BCUT2D eigenvalue weighted by Crippen LogP contribution is -2.47. The number of hydrogen-bond acceptors (Lipinski definition) is 5. The van der Waals surface area contributed by atoms with E-state index in [2.05, 4.69) is 10.3 Å². The van der Waals surface area contributed by atoms with E-state index >= 15 is 0 Å². The monoisotopic (exact) mass is 429 g/mol. The van der Waals surface area contributed by atoms with Crippen LogP contribution in [-0.2, 0) is 14.3 Å². The second-order valence-electron chi connectivity index (χ2n) is 6.97. The SMILES string of the molecule is CC(=O)Nc1cc(Cl)ccc1C=CC(=O)N1CCOC(COc2ccc(C)nc2)C1. The molecule has 0 radical (unpaired) electrons. The summed E-state index contributed by atoms with van der Waals surface area (Å²) in [4.78, 5) is 30.0. The van der Waals surface area contributed by atoms with Gasteiger partial charge in [0.25, 0.3) is 0 Å². The van der Waals surface area contributed by atoms with Gasteiger partial charge < -0.3 is 19.7 Å². The fourth-order valence-electron chi connectivity index (χ4n) is 2.99. The number of halogens is 1. The van der Waals surface area contributed by atoms with Gasteiger partial charge in [-0.05, 0) is 42.8 Å². The zero-order valence-corrected chi connectivity index (χ0v) is 17.7. The van der Waals surface area contributed by atoms with Crippen LogP contribution in [0.3, 0.4) is 0 Å². The quantitative estimate of drug-likeness (QED) is 0.712. The van der Waals surface area contributed by atoms with Crippen molar-refractivity contribution in [1.82, 2.24) is 9.88 Å². The first-order valence-corrected chi connectivity index (χ1v) is 9.99. The van der Waals surface area contributed by atoms with Gasteiger partial charge in [0, 0.05) is 35.9 Å². The Morgan fingerprint density at radius 3 is 2.93 bits per heavy atom. The average Bonchev–Trinajstić information content (AvgIpc) is 2.72. The molecule has 0 saturated carbocycles. The molecule has 1 atom stereocenters. The number of morpholine rings is 1. The number of aryl methyl sites for hydroxylation is 1. The third-order valence-corrected chi connectivity index (χ3v) is 4.74. The first-order chi connectivity index (χ1) is 14.4. The molecule has 1 N–H and O–H groups in total. The van der Waals surface area contributed by atoms with Crippen molar-refractivity contribution in [1.29, 1.82) is 0 Å². The number of nitrogens with zero attached hydrogens (tertiary/aromatic N) is 2. The predicted molar refractivity (Wildman–Crippen MR) is 116 cm³/mol. The van der Waals surface area contributed by atoms with Crippen molar-refractivity contribution in [2.45, 2.75) is 20.0 Å². The number of hydrogen-bond donors (Lipinski definition) is 1. The summed E-state index contributed by atoms with van der Waals surface area (Å²) in [6.07, 6.45) is 4.61. The third-order valence-electron chi connectivity index (χ3n) is 4.50. The van der Waals surface area contributed by atoms with Gasteiger partial charge in [0.05, 0.1) is 19.3 Å². The minimum absolute atomic E-state index is 0.135. The molecule has 0 spiro atoms. The van der Waals surface area contributed by atoms with E-state index in [9.17, 15) is 9.59 Å². The summed E-state index contributed by atoms with van der Waals surface area (Å²) in [5, 5.41) is 3.22. The van der Waals surface area contributed by atoms with Gasteiger partial charge in [0.2, 0.25) is 11.8 Å². The maximum atomic E-state index is 12.6. The van der Waals surface area contributed by atoms with Gasteiger partial charge in [-0.25, -0.2) is 0 Å². The predicted octanol–water partition coefficient (Wildman–Crippen LogP) is 3.32. The molecule has 2 amide bonds. The minimum atomic E-state index is -0.220. The Morgan fingerprint density at radius 1 is 1.37 bits per heavy atom. The molecule has 30 heavy (non-hydrogen) atoms. The molecule has 3 rings (SSSR count). The Bertz CT molecular complexity index is 930. The molecular weight excluding hydrogens is 406 g/mol. The van der Waals surface area contributed by atoms with E-state index in [1.54, 1.807) is 35.4 Å². The lowest BCUT2D eigenvalue weighted by Gasteiger charge is -2.32. The number of pyridine rings is 1. The van der Waals surface area contributed by atoms with Crippen molar-refractivity contribution in [2.75, 3.05) is 31.6 Å². The molecule has 158 valence electrons. The van der Waals surface area contributed by atoms with Crippen LogP contribution in [0.1, 0.15) is 18.2 Å². The molecule has 1 aliphatic heterocycles. The largest absolute Gasteiger partial charge is 0.489 e. The first-order valence-electron chi connectivity index (χ1n) is 9.62. The van der Waals surface area contributed by atoms with E-state index in [0.717, 1.165) is 5.69 Å². The van der Waals surface area contributed by atoms with Crippen molar-refractivity contribution in [3.8, 4) is 5.75 Å². The maximum Gasteiger partial charge on any atom is 0.246 e. The van der Waals surface area contributed by atoms with Crippen molar-refractivity contribution < 1.29 is 19.1 Å². The Labute approximate surface area is 180 Å². The molecule has 1 aliphatic rings. The number of ether oxygens (including phenoxy) is 2. The second kappa shape index (κ2) is 10.2. The standard InChI is InChI=1S/C22H24ClN3O4/c1-15-3-7-19(12-24-15)30-14-20-13-26(9-10-29-20)22(28)8-5-17-4-6-18(23)11-21(17)25-16(2)27/h3-8,11-12,20H,9-10,13-14H2,1-2H3,(H,25,27). The van der Waals surface area contributed by atoms with Gasteiger partial charge in [-0.3, -0.25) is 14.6 Å². The molecular formula is C22H24ClN3O4. The van der Waals surface area contributed by atoms with Crippen LogP contribution >= 0.6 is 11.6 Å². The van der Waals surface area contributed by atoms with Gasteiger partial charge >= 0.3 is 0 Å². The number of carbonyl (C=O) groups is 2. The van der Waals surface area contributed by atoms with Gasteiger partial charge in [-0.1, -0.05) is 17.7 Å². The van der Waals surface area contributed by atoms with Crippen LogP contribution < -0.4 is 10.1 Å². The molecule has 1 fully saturated rings. The Hall–Kier alpha value is -2.90. The normalized spacial score (nSPS) is 16.5. The smallest absolute Gasteiger partial charge is 0.246 e. The van der Waals surface area contributed by atoms with Gasteiger partial charge in [0.1, 0.15) is 18.5 Å². The highest BCUT2D eigenvalue weighted by Crippen LogP contribution is 2.22. The molecule has 1 aromatic carbocycles. The van der Waals surface area contributed by atoms with E-state index in [-0.39, 0.29) is 17.9 Å². The highest BCUT2D eigenvalue weighted by atomic mass is 35.5. The van der Waals surface area contributed by atoms with Crippen molar-refractivity contribution in [2.24, 2.45) is 0 Å². The summed E-state index contributed by atoms with van der Waals surface area (Å²) in [6, 6.07) is 8.84. The topological polar surface area (TPSA) is 80.8 Å². The summed E-state index contributed by atoms with van der Waals surface area (Å²) in [5.74, 6) is 0.322. The molecule has 0 bridgehead atoms. The van der Waals surface area contributed by atoms with Gasteiger partial charge in [0.15, 0.2) is 0 Å². The van der Waals surface area contributed by atoms with Crippen LogP contribution in [0.4, 0.5) is 5.69 Å². The third kappa shape index (κ3) is 6.30. The van der Waals surface area contributed by atoms with E-state index in [4.69, 9.17) is 21.1 Å². The van der Waals surface area contributed by atoms with Crippen LogP contribution in [0.5, 0.6) is 5.75 Å². The second-order valence-corrected chi connectivity index (χ2v) is 7.41. The fraction of sp³-hybridized carbons (Fsp3) is 0.318. The first kappa shape index (κ1) is 21.8. The molecule has 7 nitrogen and oxygen atoms in total. The number of carbonyl (C=O) groups excluding carboxylic acids is 2. The summed E-state index contributed by atoms with van der Waals surface area (Å²) in [6.45, 7) is 5.04. The van der Waals surface area contributed by atoms with Crippen molar-refractivity contribution in [3.05, 3.63) is 58.9 Å². The molecule has 1 aromatic heterocycles. The van der Waals surface area contributed by atoms with Gasteiger partial charge in [-0.15, -0.1) is 0 Å². The van der Waals surface area contributed by atoms with E-state index in [1.807, 2.05) is 19.1 Å². The van der Waals surface area contributed by atoms with Crippen molar-refractivity contribution in [3.63, 3.8) is 0 Å². The lowest BCUT2D eigenvalue weighted by atomic mass is 10.1. The van der Waals surface area contributed by atoms with Crippen LogP contribution in [0.15, 0.2) is 42.6 Å². The summed E-state index contributed by atoms with van der Waals surface area (Å²) >= 11 is 6.00. The molecule has 8 heteroatoms. The number of benzene rings is 1. The number of aromatic nitrogens is 1. The summed E-state index contributed by atoms with van der Waals surface area (Å²) < 4.78 is 11.4. The Morgan fingerprint density at radius 2 is 2.20 bits per heavy atom. The van der Waals surface area contributed by atoms with E-state index in [1.165, 1.54) is 13.0 Å². The fourth-order valence-corrected chi connectivity index (χ4v) is 3.16. The Balaban J connectivity index is 1.58. The van der Waals surface area contributed by atoms with Crippen LogP contribution in [-0.4, -0.2) is 54.1 Å². The molecule has 0 aliphatic carbocycles. The molecule has 2 heterocycles. The molecule has 2 aromatic rings. The summed E-state index contributed by atoms with van der Waals surface area (Å²) in [7, 11) is 0. The average molecular weight is 430 g/mol. The summed E-state index contributed by atoms with van der Waals surface area (Å²) in [5.41, 5.74) is 2.17. The number of anilines is 1. The highest BCUT2D eigenvalue weighted by molar-refractivity contribution is 6.31. The molecule has 1 unspecified atom stereocenters. The lowest BCUT2D eigenvalue weighted by molar-refractivity contribution is -0.134. The number of amides is 2. The van der Waals surface area contributed by atoms with Crippen molar-refractivity contribution >= 4 is 35.2 Å². The van der Waals surface area contributed by atoms with E-state index < -0.39 is 0 Å². The van der Waals surface area contributed by atoms with Crippen LogP contribution in [0.25, 0.3) is 6.08 Å². The van der Waals surface area contributed by atoms with E-state index in [0.29, 0.717) is 48.3 Å². The number of rotatable bonds is 6. The maximum absolute atomic E-state index is 12.6. The minimum Gasteiger partial charge on any atom is -0.489 e. The van der Waals surface area contributed by atoms with Crippen LogP contribution in [0, 0.1) is 6.92 Å².